The Kier molecular flexibility index (Phi) is 4.85. The average molecular weight is 338 g/mol. The van der Waals surface area contributed by atoms with Gasteiger partial charge in [-0.25, -0.2) is 4.90 Å². The van der Waals surface area contributed by atoms with E-state index in [1.54, 1.807) is 36.7 Å². The molecule has 2 N–H and O–H groups in total. The van der Waals surface area contributed by atoms with Crippen LogP contribution in [-0.2, 0) is 20.9 Å². The maximum Gasteiger partial charge on any atom is 0.251 e. The SMILES string of the molecule is CC(=O)Nc1ccc(N2C(=O)CC(NCc3cccnc3)C2=O)cc1. The van der Waals surface area contributed by atoms with Crippen molar-refractivity contribution in [3.63, 3.8) is 0 Å². The van der Waals surface area contributed by atoms with Gasteiger partial charge in [-0.05, 0) is 35.9 Å². The van der Waals surface area contributed by atoms with Crippen molar-refractivity contribution in [1.82, 2.24) is 10.3 Å². The molecule has 3 rings (SSSR count). The molecule has 0 spiro atoms. The minimum Gasteiger partial charge on any atom is -0.326 e. The number of imide groups is 1. The Hall–Kier alpha value is -3.06. The molecule has 1 aliphatic rings. The van der Waals surface area contributed by atoms with Gasteiger partial charge in [0.05, 0.1) is 18.2 Å². The number of carbonyl (C=O) groups is 3. The van der Waals surface area contributed by atoms with Gasteiger partial charge in [0.15, 0.2) is 0 Å². The van der Waals surface area contributed by atoms with E-state index >= 15 is 0 Å². The van der Waals surface area contributed by atoms with Gasteiger partial charge in [0.2, 0.25) is 11.8 Å². The van der Waals surface area contributed by atoms with Crippen LogP contribution in [0.1, 0.15) is 18.9 Å². The van der Waals surface area contributed by atoms with Crippen LogP contribution in [0.4, 0.5) is 11.4 Å². The number of rotatable bonds is 5. The summed E-state index contributed by atoms with van der Waals surface area (Å²) in [7, 11) is 0. The third-order valence-corrected chi connectivity index (χ3v) is 3.87. The molecule has 1 aromatic carbocycles. The van der Waals surface area contributed by atoms with Crippen LogP contribution in [0.15, 0.2) is 48.8 Å². The van der Waals surface area contributed by atoms with E-state index in [0.717, 1.165) is 5.56 Å². The molecule has 1 aromatic heterocycles. The van der Waals surface area contributed by atoms with Crippen molar-refractivity contribution in [3.05, 3.63) is 54.4 Å². The van der Waals surface area contributed by atoms with E-state index in [0.29, 0.717) is 17.9 Å². The summed E-state index contributed by atoms with van der Waals surface area (Å²) < 4.78 is 0. The fourth-order valence-electron chi connectivity index (χ4n) is 2.70. The molecular weight excluding hydrogens is 320 g/mol. The van der Waals surface area contributed by atoms with Gasteiger partial charge >= 0.3 is 0 Å². The number of benzene rings is 1. The second-order valence-corrected chi connectivity index (χ2v) is 5.79. The van der Waals surface area contributed by atoms with Crippen molar-refractivity contribution >= 4 is 29.1 Å². The number of hydrogen-bond donors (Lipinski definition) is 2. The Bertz CT molecular complexity index is 790. The van der Waals surface area contributed by atoms with E-state index in [-0.39, 0.29) is 24.1 Å². The first kappa shape index (κ1) is 16.8. The van der Waals surface area contributed by atoms with Gasteiger partial charge < -0.3 is 10.6 Å². The van der Waals surface area contributed by atoms with Crippen LogP contribution in [0, 0.1) is 0 Å². The Morgan fingerprint density at radius 2 is 2.00 bits per heavy atom. The number of aromatic nitrogens is 1. The van der Waals surface area contributed by atoms with Crippen LogP contribution >= 0.6 is 0 Å². The summed E-state index contributed by atoms with van der Waals surface area (Å²) in [5.41, 5.74) is 2.05. The molecule has 25 heavy (non-hydrogen) atoms. The molecule has 1 fully saturated rings. The van der Waals surface area contributed by atoms with Crippen molar-refractivity contribution in [1.29, 1.82) is 0 Å². The highest BCUT2D eigenvalue weighted by Gasteiger charge is 2.39. The minimum absolute atomic E-state index is 0.118. The number of pyridine rings is 1. The number of nitrogens with one attached hydrogen (secondary N) is 2. The monoisotopic (exact) mass is 338 g/mol. The molecule has 7 heteroatoms. The molecule has 7 nitrogen and oxygen atoms in total. The maximum absolute atomic E-state index is 12.6. The summed E-state index contributed by atoms with van der Waals surface area (Å²) in [5.74, 6) is -0.706. The lowest BCUT2D eigenvalue weighted by molar-refractivity contribution is -0.121. The van der Waals surface area contributed by atoms with E-state index in [1.165, 1.54) is 11.8 Å². The quantitative estimate of drug-likeness (QED) is 0.806. The zero-order valence-corrected chi connectivity index (χ0v) is 13.7. The number of nitrogens with zero attached hydrogens (tertiary/aromatic N) is 2. The number of amides is 3. The molecule has 0 aliphatic carbocycles. The number of carbonyl (C=O) groups excluding carboxylic acids is 3. The van der Waals surface area contributed by atoms with Gasteiger partial charge in [0.1, 0.15) is 0 Å². The molecule has 1 saturated heterocycles. The van der Waals surface area contributed by atoms with Crippen molar-refractivity contribution < 1.29 is 14.4 Å². The third-order valence-electron chi connectivity index (χ3n) is 3.87. The molecule has 0 saturated carbocycles. The number of anilines is 2. The first-order valence-corrected chi connectivity index (χ1v) is 7.91. The zero-order chi connectivity index (χ0) is 17.8. The number of hydrogen-bond acceptors (Lipinski definition) is 5. The van der Waals surface area contributed by atoms with E-state index in [9.17, 15) is 14.4 Å². The Balaban J connectivity index is 1.67. The lowest BCUT2D eigenvalue weighted by Gasteiger charge is -2.16. The molecule has 2 heterocycles. The first-order valence-electron chi connectivity index (χ1n) is 7.91. The molecule has 0 bridgehead atoms. The maximum atomic E-state index is 12.6. The summed E-state index contributed by atoms with van der Waals surface area (Å²) in [5, 5.41) is 5.75. The van der Waals surface area contributed by atoms with Gasteiger partial charge in [-0.1, -0.05) is 6.07 Å². The largest absolute Gasteiger partial charge is 0.326 e. The standard InChI is InChI=1S/C18H18N4O3/c1-12(23)21-14-4-6-15(7-5-14)22-17(24)9-16(18(22)25)20-11-13-3-2-8-19-10-13/h2-8,10,16,20H,9,11H2,1H3,(H,21,23). The smallest absolute Gasteiger partial charge is 0.251 e. The van der Waals surface area contributed by atoms with Crippen molar-refractivity contribution in [3.8, 4) is 0 Å². The molecule has 1 atom stereocenters. The highest BCUT2D eigenvalue weighted by atomic mass is 16.2. The predicted octanol–water partition coefficient (Wildman–Crippen LogP) is 1.46. The molecule has 128 valence electrons. The second kappa shape index (κ2) is 7.23. The van der Waals surface area contributed by atoms with Crippen LogP contribution in [0.25, 0.3) is 0 Å². The second-order valence-electron chi connectivity index (χ2n) is 5.79. The van der Waals surface area contributed by atoms with Crippen molar-refractivity contribution in [2.45, 2.75) is 25.9 Å². The third kappa shape index (κ3) is 3.89. The highest BCUT2D eigenvalue weighted by Crippen LogP contribution is 2.24. The average Bonchev–Trinajstić information content (AvgIpc) is 2.88. The van der Waals surface area contributed by atoms with Crippen LogP contribution < -0.4 is 15.5 Å². The predicted molar refractivity (Wildman–Crippen MR) is 92.7 cm³/mol. The van der Waals surface area contributed by atoms with E-state index < -0.39 is 6.04 Å². The van der Waals surface area contributed by atoms with Crippen LogP contribution in [0.3, 0.4) is 0 Å². The van der Waals surface area contributed by atoms with Gasteiger partial charge in [-0.2, -0.15) is 0 Å². The first-order chi connectivity index (χ1) is 12.0. The van der Waals surface area contributed by atoms with E-state index in [1.807, 2.05) is 12.1 Å². The minimum atomic E-state index is -0.553. The van der Waals surface area contributed by atoms with Crippen LogP contribution in [0.5, 0.6) is 0 Å². The molecule has 0 radical (unpaired) electrons. The normalized spacial score (nSPS) is 17.0. The summed E-state index contributed by atoms with van der Waals surface area (Å²) in [4.78, 5) is 41.1. The highest BCUT2D eigenvalue weighted by molar-refractivity contribution is 6.22. The summed E-state index contributed by atoms with van der Waals surface area (Å²) >= 11 is 0. The summed E-state index contributed by atoms with van der Waals surface area (Å²) in [6.45, 7) is 1.88. The lowest BCUT2D eigenvalue weighted by Crippen LogP contribution is -2.38. The molecule has 1 aliphatic heterocycles. The van der Waals surface area contributed by atoms with E-state index in [4.69, 9.17) is 0 Å². The van der Waals surface area contributed by atoms with Gasteiger partial charge in [0.25, 0.3) is 5.91 Å². The molecule has 1 unspecified atom stereocenters. The topological polar surface area (TPSA) is 91.4 Å². The summed E-state index contributed by atoms with van der Waals surface area (Å²) in [6.07, 6.45) is 3.51. The van der Waals surface area contributed by atoms with Crippen molar-refractivity contribution in [2.75, 3.05) is 10.2 Å². The summed E-state index contributed by atoms with van der Waals surface area (Å²) in [6, 6.07) is 9.78. The lowest BCUT2D eigenvalue weighted by atomic mass is 10.2. The Morgan fingerprint density at radius 3 is 2.64 bits per heavy atom. The van der Waals surface area contributed by atoms with Gasteiger partial charge in [-0.3, -0.25) is 19.4 Å². The molecule has 3 amide bonds. The zero-order valence-electron chi connectivity index (χ0n) is 13.7. The van der Waals surface area contributed by atoms with E-state index in [2.05, 4.69) is 15.6 Å². The fourth-order valence-corrected chi connectivity index (χ4v) is 2.70. The Morgan fingerprint density at radius 1 is 1.24 bits per heavy atom. The van der Waals surface area contributed by atoms with Crippen LogP contribution in [0.2, 0.25) is 0 Å². The van der Waals surface area contributed by atoms with Gasteiger partial charge in [-0.15, -0.1) is 0 Å². The molecular formula is C18H18N4O3. The van der Waals surface area contributed by atoms with Crippen LogP contribution in [-0.4, -0.2) is 28.7 Å². The van der Waals surface area contributed by atoms with Gasteiger partial charge in [0, 0.05) is 31.5 Å². The Labute approximate surface area is 145 Å². The van der Waals surface area contributed by atoms with Crippen molar-refractivity contribution in [2.24, 2.45) is 0 Å². The molecule has 2 aromatic rings. The fraction of sp³-hybridized carbons (Fsp3) is 0.222.